The van der Waals surface area contributed by atoms with E-state index >= 15 is 0 Å². The summed E-state index contributed by atoms with van der Waals surface area (Å²) in [6.45, 7) is 2.53. The van der Waals surface area contributed by atoms with Gasteiger partial charge in [0.05, 0.1) is 18.2 Å². The Labute approximate surface area is 189 Å². The van der Waals surface area contributed by atoms with E-state index < -0.39 is 0 Å². The summed E-state index contributed by atoms with van der Waals surface area (Å²) in [6.07, 6.45) is 3.35. The summed E-state index contributed by atoms with van der Waals surface area (Å²) in [5.74, 6) is 0.825. The van der Waals surface area contributed by atoms with Crippen LogP contribution < -0.4 is 0 Å². The van der Waals surface area contributed by atoms with Crippen molar-refractivity contribution in [3.8, 4) is 17.2 Å². The van der Waals surface area contributed by atoms with Crippen molar-refractivity contribution in [1.29, 1.82) is 5.26 Å². The third-order valence-corrected chi connectivity index (χ3v) is 5.25. The second kappa shape index (κ2) is 10.1. The number of imidazole rings is 1. The predicted molar refractivity (Wildman–Crippen MR) is 125 cm³/mol. The maximum absolute atomic E-state index is 9.68. The van der Waals surface area contributed by atoms with Gasteiger partial charge in [0, 0.05) is 25.0 Å². The quantitative estimate of drug-likeness (QED) is 0.378. The van der Waals surface area contributed by atoms with Crippen molar-refractivity contribution in [2.24, 2.45) is 7.05 Å². The molecule has 0 radical (unpaired) electrons. The number of aryl methyl sites for hydroxylation is 2. The van der Waals surface area contributed by atoms with E-state index in [0.29, 0.717) is 12.2 Å². The van der Waals surface area contributed by atoms with E-state index in [2.05, 4.69) is 36.2 Å². The fourth-order valence-corrected chi connectivity index (χ4v) is 3.62. The molecule has 5 heteroatoms. The molecular weight excluding hydrogens is 406 g/mol. The molecule has 0 amide bonds. The Morgan fingerprint density at radius 2 is 1.74 bits per heavy atom. The number of nitriles is 1. The second-order valence-electron chi connectivity index (χ2n) is 7.30. The van der Waals surface area contributed by atoms with Crippen LogP contribution in [0, 0.1) is 18.3 Å². The van der Waals surface area contributed by atoms with Gasteiger partial charge in [-0.25, -0.2) is 4.98 Å². The summed E-state index contributed by atoms with van der Waals surface area (Å²) in [6, 6.07) is 26.5. The van der Waals surface area contributed by atoms with Crippen molar-refractivity contribution in [2.75, 3.05) is 0 Å². The highest BCUT2D eigenvalue weighted by atomic mass is 35.5. The zero-order chi connectivity index (χ0) is 20.9. The predicted octanol–water partition coefficient (Wildman–Crippen LogP) is 6.00. The molecule has 0 aliphatic heterocycles. The van der Waals surface area contributed by atoms with Gasteiger partial charge in [-0.1, -0.05) is 60.7 Å². The highest BCUT2D eigenvalue weighted by Crippen LogP contribution is 2.33. The monoisotopic (exact) mass is 429 g/mol. The lowest BCUT2D eigenvalue weighted by Gasteiger charge is -2.20. The number of hydrogen-bond acceptors (Lipinski definition) is 3. The first kappa shape index (κ1) is 22.3. The number of halogens is 1. The minimum atomic E-state index is -0.347. The van der Waals surface area contributed by atoms with E-state index in [0.717, 1.165) is 33.6 Å². The lowest BCUT2D eigenvalue weighted by Crippen LogP contribution is -2.12. The fraction of sp³-hybridized carbons (Fsp3) is 0.154. The van der Waals surface area contributed by atoms with Crippen molar-refractivity contribution in [3.05, 3.63) is 113 Å². The average molecular weight is 430 g/mol. The molecule has 1 aromatic heterocycles. The number of rotatable bonds is 6. The standard InChI is InChI=1S/C26H23N3O.ClH/c1-19-8-6-7-11-23(19)24-16-21(12-13-22(24)17-27)25(26-28-14-15-29(26)2)30-18-20-9-4-3-5-10-20;/h3-16,25H,18H2,1-2H3;1H. The van der Waals surface area contributed by atoms with Crippen LogP contribution in [-0.2, 0) is 18.4 Å². The minimum Gasteiger partial charge on any atom is -0.361 e. The Bertz CT molecular complexity index is 1190. The summed E-state index contributed by atoms with van der Waals surface area (Å²) in [4.78, 5) is 4.54. The van der Waals surface area contributed by atoms with Gasteiger partial charge in [0.25, 0.3) is 0 Å². The van der Waals surface area contributed by atoms with Crippen LogP contribution in [0.15, 0.2) is 85.2 Å². The van der Waals surface area contributed by atoms with Gasteiger partial charge in [-0.3, -0.25) is 0 Å². The van der Waals surface area contributed by atoms with Gasteiger partial charge in [0.2, 0.25) is 0 Å². The number of benzene rings is 3. The van der Waals surface area contributed by atoms with E-state index in [9.17, 15) is 5.26 Å². The van der Waals surface area contributed by atoms with Crippen molar-refractivity contribution in [2.45, 2.75) is 19.6 Å². The molecule has 1 heterocycles. The van der Waals surface area contributed by atoms with Crippen LogP contribution in [0.2, 0.25) is 0 Å². The summed E-state index contributed by atoms with van der Waals surface area (Å²) >= 11 is 0. The van der Waals surface area contributed by atoms with E-state index in [1.54, 1.807) is 6.20 Å². The third kappa shape index (κ3) is 4.86. The highest BCUT2D eigenvalue weighted by molar-refractivity contribution is 5.85. The molecule has 0 saturated carbocycles. The van der Waals surface area contributed by atoms with Gasteiger partial charge in [0.15, 0.2) is 0 Å². The molecule has 0 fully saturated rings. The number of nitrogens with zero attached hydrogens (tertiary/aromatic N) is 3. The van der Waals surface area contributed by atoms with Crippen LogP contribution in [0.4, 0.5) is 0 Å². The lowest BCUT2D eigenvalue weighted by atomic mass is 9.93. The normalized spacial score (nSPS) is 11.4. The van der Waals surface area contributed by atoms with Crippen LogP contribution >= 0.6 is 12.4 Å². The minimum absolute atomic E-state index is 0. The van der Waals surface area contributed by atoms with Crippen LogP contribution in [0.5, 0.6) is 0 Å². The van der Waals surface area contributed by atoms with Crippen LogP contribution in [0.25, 0.3) is 11.1 Å². The molecule has 0 N–H and O–H groups in total. The summed E-state index contributed by atoms with van der Waals surface area (Å²) in [7, 11) is 1.97. The highest BCUT2D eigenvalue weighted by Gasteiger charge is 2.21. The molecule has 0 aliphatic rings. The Hall–Kier alpha value is -3.39. The second-order valence-corrected chi connectivity index (χ2v) is 7.30. The van der Waals surface area contributed by atoms with Crippen LogP contribution in [0.1, 0.15) is 34.2 Å². The third-order valence-electron chi connectivity index (χ3n) is 5.25. The molecule has 4 rings (SSSR count). The fourth-order valence-electron chi connectivity index (χ4n) is 3.62. The molecule has 4 nitrogen and oxygen atoms in total. The maximum Gasteiger partial charge on any atom is 0.142 e. The summed E-state index contributed by atoms with van der Waals surface area (Å²) < 4.78 is 8.34. The van der Waals surface area contributed by atoms with Crippen molar-refractivity contribution >= 4 is 12.4 Å². The summed E-state index contributed by atoms with van der Waals surface area (Å²) in [5, 5.41) is 9.68. The van der Waals surface area contributed by atoms with Gasteiger partial charge in [-0.2, -0.15) is 5.26 Å². The number of ether oxygens (including phenoxy) is 1. The lowest BCUT2D eigenvalue weighted by molar-refractivity contribution is 0.0593. The van der Waals surface area contributed by atoms with E-state index in [1.807, 2.05) is 72.4 Å². The number of aromatic nitrogens is 2. The van der Waals surface area contributed by atoms with Gasteiger partial charge in [-0.15, -0.1) is 12.4 Å². The van der Waals surface area contributed by atoms with Gasteiger partial charge in [-0.05, 0) is 41.3 Å². The molecule has 0 spiro atoms. The van der Waals surface area contributed by atoms with E-state index in [1.165, 1.54) is 0 Å². The Kier molecular flexibility index (Phi) is 7.25. The van der Waals surface area contributed by atoms with Crippen molar-refractivity contribution in [1.82, 2.24) is 9.55 Å². The first-order valence-electron chi connectivity index (χ1n) is 9.90. The van der Waals surface area contributed by atoms with Crippen LogP contribution in [0.3, 0.4) is 0 Å². The molecular formula is C26H24ClN3O. The van der Waals surface area contributed by atoms with Gasteiger partial charge < -0.3 is 9.30 Å². The molecule has 0 bridgehead atoms. The molecule has 1 atom stereocenters. The van der Waals surface area contributed by atoms with Crippen molar-refractivity contribution < 1.29 is 4.74 Å². The maximum atomic E-state index is 9.68. The SMILES string of the molecule is Cc1ccccc1-c1cc(C(OCc2ccccc2)c2nccn2C)ccc1C#N.Cl. The Balaban J connectivity index is 0.00000272. The largest absolute Gasteiger partial charge is 0.361 e. The Morgan fingerprint density at radius 1 is 1.00 bits per heavy atom. The Morgan fingerprint density at radius 3 is 2.42 bits per heavy atom. The van der Waals surface area contributed by atoms with Gasteiger partial charge in [0.1, 0.15) is 11.9 Å². The average Bonchev–Trinajstić information content (AvgIpc) is 3.20. The zero-order valence-electron chi connectivity index (χ0n) is 17.5. The zero-order valence-corrected chi connectivity index (χ0v) is 18.3. The molecule has 1 unspecified atom stereocenters. The smallest absolute Gasteiger partial charge is 0.142 e. The number of hydrogen-bond donors (Lipinski definition) is 0. The molecule has 4 aromatic rings. The van der Waals surface area contributed by atoms with Crippen molar-refractivity contribution in [3.63, 3.8) is 0 Å². The topological polar surface area (TPSA) is 50.8 Å². The molecule has 31 heavy (non-hydrogen) atoms. The van der Waals surface area contributed by atoms with Crippen LogP contribution in [-0.4, -0.2) is 9.55 Å². The first-order valence-corrected chi connectivity index (χ1v) is 9.90. The van der Waals surface area contributed by atoms with Gasteiger partial charge >= 0.3 is 0 Å². The first-order chi connectivity index (χ1) is 14.7. The molecule has 0 aliphatic carbocycles. The molecule has 156 valence electrons. The molecule has 0 saturated heterocycles. The molecule has 3 aromatic carbocycles. The summed E-state index contributed by atoms with van der Waals surface area (Å²) in [5.41, 5.74) is 5.81. The van der Waals surface area contributed by atoms with E-state index in [-0.39, 0.29) is 18.5 Å². The van der Waals surface area contributed by atoms with E-state index in [4.69, 9.17) is 4.74 Å².